The van der Waals surface area contributed by atoms with Gasteiger partial charge in [-0.05, 0) is 30.8 Å². The Kier molecular flexibility index (Phi) is 5.20. The Morgan fingerprint density at radius 1 is 1.50 bits per heavy atom. The number of sulfonamides is 1. The Morgan fingerprint density at radius 2 is 2.25 bits per heavy atom. The summed E-state index contributed by atoms with van der Waals surface area (Å²) in [5, 5.41) is 1.69. The Labute approximate surface area is 99.7 Å². The molecule has 0 unspecified atom stereocenters. The Morgan fingerprint density at radius 3 is 2.88 bits per heavy atom. The third kappa shape index (κ3) is 3.44. The smallest absolute Gasteiger partial charge is 0.253 e. The summed E-state index contributed by atoms with van der Waals surface area (Å²) in [5.74, 6) is 0.385. The molecule has 0 aliphatic heterocycles. The van der Waals surface area contributed by atoms with Crippen LogP contribution in [0.5, 0.6) is 5.75 Å². The van der Waals surface area contributed by atoms with E-state index in [2.05, 4.69) is 4.72 Å². The lowest BCUT2D eigenvalue weighted by molar-refractivity contribution is 0.406. The fourth-order valence-corrected chi connectivity index (χ4v) is 3.57. The van der Waals surface area contributed by atoms with Crippen molar-refractivity contribution >= 4 is 21.4 Å². The predicted octanol–water partition coefficient (Wildman–Crippen LogP) is 0.774. The minimum atomic E-state index is -3.44. The molecule has 0 amide bonds. The highest BCUT2D eigenvalue weighted by molar-refractivity contribution is 7.91. The third-order valence-corrected chi connectivity index (χ3v) is 4.89. The molecular formula is C9H16N2O3S2. The van der Waals surface area contributed by atoms with Gasteiger partial charge in [0, 0.05) is 6.54 Å². The summed E-state index contributed by atoms with van der Waals surface area (Å²) in [7, 11) is -1.98. The van der Waals surface area contributed by atoms with Crippen molar-refractivity contribution in [3.8, 4) is 5.75 Å². The minimum absolute atomic E-state index is 0.225. The van der Waals surface area contributed by atoms with Crippen LogP contribution in [0.15, 0.2) is 15.7 Å². The van der Waals surface area contributed by atoms with Gasteiger partial charge in [0.25, 0.3) is 10.0 Å². The predicted molar refractivity (Wildman–Crippen MR) is 64.3 cm³/mol. The monoisotopic (exact) mass is 264 g/mol. The fourth-order valence-electron chi connectivity index (χ4n) is 1.17. The van der Waals surface area contributed by atoms with Gasteiger partial charge in [-0.3, -0.25) is 0 Å². The Bertz CT molecular complexity index is 414. The summed E-state index contributed by atoms with van der Waals surface area (Å²) < 4.78 is 31.4. The van der Waals surface area contributed by atoms with Crippen LogP contribution in [0, 0.1) is 0 Å². The number of ether oxygens (including phenoxy) is 1. The highest BCUT2D eigenvalue weighted by Crippen LogP contribution is 2.28. The average Bonchev–Trinajstić information content (AvgIpc) is 2.73. The van der Waals surface area contributed by atoms with E-state index in [1.807, 2.05) is 0 Å². The van der Waals surface area contributed by atoms with Gasteiger partial charge in [0.15, 0.2) is 4.21 Å². The van der Waals surface area contributed by atoms with E-state index in [4.69, 9.17) is 10.5 Å². The highest BCUT2D eigenvalue weighted by Gasteiger charge is 2.20. The minimum Gasteiger partial charge on any atom is -0.494 e. The summed E-state index contributed by atoms with van der Waals surface area (Å²) in [4.78, 5) is 0. The summed E-state index contributed by atoms with van der Waals surface area (Å²) in [6.07, 6.45) is 1.55. The van der Waals surface area contributed by atoms with Crippen molar-refractivity contribution in [2.75, 3.05) is 20.2 Å². The van der Waals surface area contributed by atoms with E-state index in [9.17, 15) is 8.42 Å². The first-order chi connectivity index (χ1) is 7.61. The Balaban J connectivity index is 2.64. The molecule has 1 heterocycles. The lowest BCUT2D eigenvalue weighted by Gasteiger charge is -2.06. The third-order valence-electron chi connectivity index (χ3n) is 1.98. The second kappa shape index (κ2) is 6.19. The van der Waals surface area contributed by atoms with Crippen LogP contribution in [-0.4, -0.2) is 28.6 Å². The second-order valence-corrected chi connectivity index (χ2v) is 6.05. The van der Waals surface area contributed by atoms with Crippen molar-refractivity contribution in [3.05, 3.63) is 11.4 Å². The van der Waals surface area contributed by atoms with Crippen molar-refractivity contribution in [3.63, 3.8) is 0 Å². The van der Waals surface area contributed by atoms with Crippen molar-refractivity contribution in [2.45, 2.75) is 17.1 Å². The maximum atomic E-state index is 11.8. The average molecular weight is 264 g/mol. The van der Waals surface area contributed by atoms with Crippen LogP contribution in [-0.2, 0) is 10.0 Å². The van der Waals surface area contributed by atoms with Gasteiger partial charge >= 0.3 is 0 Å². The molecular weight excluding hydrogens is 248 g/mol. The zero-order valence-electron chi connectivity index (χ0n) is 9.10. The molecule has 0 atom stereocenters. The number of thiophene rings is 1. The zero-order valence-corrected chi connectivity index (χ0v) is 10.7. The Hall–Kier alpha value is -0.630. The summed E-state index contributed by atoms with van der Waals surface area (Å²) >= 11 is 1.14. The number of unbranched alkanes of at least 4 members (excludes halogenated alkanes) is 1. The van der Waals surface area contributed by atoms with E-state index in [0.717, 1.165) is 24.2 Å². The fraction of sp³-hybridized carbons (Fsp3) is 0.556. The number of nitrogens with one attached hydrogen (secondary N) is 1. The maximum Gasteiger partial charge on any atom is 0.253 e. The second-order valence-electron chi connectivity index (χ2n) is 3.17. The van der Waals surface area contributed by atoms with E-state index < -0.39 is 10.0 Å². The highest BCUT2D eigenvalue weighted by atomic mass is 32.2. The maximum absolute atomic E-state index is 11.8. The van der Waals surface area contributed by atoms with Gasteiger partial charge in [0.2, 0.25) is 0 Å². The van der Waals surface area contributed by atoms with E-state index >= 15 is 0 Å². The topological polar surface area (TPSA) is 81.4 Å². The molecule has 0 aliphatic carbocycles. The van der Waals surface area contributed by atoms with Crippen LogP contribution in [0.2, 0.25) is 0 Å². The van der Waals surface area contributed by atoms with Crippen LogP contribution in [0.1, 0.15) is 12.8 Å². The van der Waals surface area contributed by atoms with Crippen LogP contribution in [0.4, 0.5) is 0 Å². The van der Waals surface area contributed by atoms with Gasteiger partial charge in [0.1, 0.15) is 5.75 Å². The number of hydrogen-bond donors (Lipinski definition) is 2. The van der Waals surface area contributed by atoms with Crippen LogP contribution >= 0.6 is 11.3 Å². The molecule has 0 fully saturated rings. The van der Waals surface area contributed by atoms with Gasteiger partial charge in [-0.25, -0.2) is 13.1 Å². The summed E-state index contributed by atoms with van der Waals surface area (Å²) in [6.45, 7) is 0.977. The zero-order chi connectivity index (χ0) is 12.0. The van der Waals surface area contributed by atoms with Crippen LogP contribution in [0.3, 0.4) is 0 Å². The van der Waals surface area contributed by atoms with Gasteiger partial charge in [0.05, 0.1) is 7.11 Å². The molecule has 0 bridgehead atoms. The first-order valence-corrected chi connectivity index (χ1v) is 7.29. The molecule has 3 N–H and O–H groups in total. The van der Waals surface area contributed by atoms with Crippen LogP contribution < -0.4 is 15.2 Å². The van der Waals surface area contributed by atoms with Gasteiger partial charge in [-0.15, -0.1) is 11.3 Å². The molecule has 92 valence electrons. The molecule has 16 heavy (non-hydrogen) atoms. The molecule has 7 heteroatoms. The van der Waals surface area contributed by atoms with Crippen molar-refractivity contribution in [2.24, 2.45) is 5.73 Å². The number of hydrogen-bond acceptors (Lipinski definition) is 5. The molecule has 0 spiro atoms. The van der Waals surface area contributed by atoms with E-state index in [-0.39, 0.29) is 4.21 Å². The normalized spacial score (nSPS) is 11.6. The van der Waals surface area contributed by atoms with E-state index in [1.165, 1.54) is 7.11 Å². The number of rotatable bonds is 7. The SMILES string of the molecule is COc1ccsc1S(=O)(=O)NCCCCN. The van der Waals surface area contributed by atoms with Gasteiger partial charge in [-0.1, -0.05) is 0 Å². The summed E-state index contributed by atoms with van der Waals surface area (Å²) in [5.41, 5.74) is 5.32. The molecule has 0 saturated heterocycles. The first-order valence-electron chi connectivity index (χ1n) is 4.93. The summed E-state index contributed by atoms with van der Waals surface area (Å²) in [6, 6.07) is 1.64. The number of nitrogens with two attached hydrogens (primary N) is 1. The van der Waals surface area contributed by atoms with E-state index in [1.54, 1.807) is 11.4 Å². The van der Waals surface area contributed by atoms with Crippen molar-refractivity contribution in [1.29, 1.82) is 0 Å². The van der Waals surface area contributed by atoms with Gasteiger partial charge in [-0.2, -0.15) is 0 Å². The molecule has 0 radical (unpaired) electrons. The lowest BCUT2D eigenvalue weighted by Crippen LogP contribution is -2.24. The molecule has 1 aromatic heterocycles. The molecule has 1 rings (SSSR count). The van der Waals surface area contributed by atoms with E-state index in [0.29, 0.717) is 18.8 Å². The molecule has 0 aromatic carbocycles. The molecule has 1 aromatic rings. The van der Waals surface area contributed by atoms with Crippen molar-refractivity contribution in [1.82, 2.24) is 4.72 Å². The number of methoxy groups -OCH3 is 1. The molecule has 0 aliphatic rings. The standard InChI is InChI=1S/C9H16N2O3S2/c1-14-8-4-7-15-9(8)16(12,13)11-6-3-2-5-10/h4,7,11H,2-3,5-6,10H2,1H3. The quantitative estimate of drug-likeness (QED) is 0.713. The first kappa shape index (κ1) is 13.4. The largest absolute Gasteiger partial charge is 0.494 e. The lowest BCUT2D eigenvalue weighted by atomic mass is 10.3. The molecule has 0 saturated carbocycles. The van der Waals surface area contributed by atoms with Gasteiger partial charge < -0.3 is 10.5 Å². The van der Waals surface area contributed by atoms with Crippen LogP contribution in [0.25, 0.3) is 0 Å². The van der Waals surface area contributed by atoms with Crippen molar-refractivity contribution < 1.29 is 13.2 Å². The molecule has 5 nitrogen and oxygen atoms in total.